The predicted molar refractivity (Wildman–Crippen MR) is 97.8 cm³/mol. The van der Waals surface area contributed by atoms with Gasteiger partial charge in [-0.05, 0) is 36.4 Å². The van der Waals surface area contributed by atoms with Crippen molar-refractivity contribution in [3.63, 3.8) is 0 Å². The van der Waals surface area contributed by atoms with Crippen molar-refractivity contribution >= 4 is 38.4 Å². The van der Waals surface area contributed by atoms with Crippen molar-refractivity contribution in [2.75, 3.05) is 19.5 Å². The van der Waals surface area contributed by atoms with Crippen LogP contribution in [0.3, 0.4) is 0 Å². The van der Waals surface area contributed by atoms with E-state index in [9.17, 15) is 4.79 Å². The summed E-state index contributed by atoms with van der Waals surface area (Å²) in [5.41, 5.74) is 1.59. The highest BCUT2D eigenvalue weighted by molar-refractivity contribution is 9.10. The third-order valence-electron chi connectivity index (χ3n) is 3.73. The molecule has 0 bridgehead atoms. The highest BCUT2D eigenvalue weighted by atomic mass is 79.9. The molecule has 0 atom stereocenters. The van der Waals surface area contributed by atoms with Gasteiger partial charge in [0.05, 0.1) is 19.9 Å². The Morgan fingerprint density at radius 1 is 1.12 bits per heavy atom. The molecule has 3 aromatic rings. The van der Waals surface area contributed by atoms with E-state index in [2.05, 4.69) is 21.2 Å². The zero-order chi connectivity index (χ0) is 17.1. The molecule has 1 amide bonds. The van der Waals surface area contributed by atoms with Gasteiger partial charge >= 0.3 is 0 Å². The summed E-state index contributed by atoms with van der Waals surface area (Å²) in [5.74, 6) is 1.11. The average Bonchev–Trinajstić information content (AvgIpc) is 2.96. The Kier molecular flexibility index (Phi) is 4.76. The molecule has 2 aromatic carbocycles. The van der Waals surface area contributed by atoms with Gasteiger partial charge in [0.2, 0.25) is 5.91 Å². The van der Waals surface area contributed by atoms with E-state index in [1.54, 1.807) is 32.4 Å². The maximum absolute atomic E-state index is 12.4. The fourth-order valence-corrected chi connectivity index (χ4v) is 2.94. The van der Waals surface area contributed by atoms with Crippen molar-refractivity contribution in [1.82, 2.24) is 4.57 Å². The maximum atomic E-state index is 12.4. The lowest BCUT2D eigenvalue weighted by Crippen LogP contribution is -2.18. The molecule has 3 rings (SSSR count). The number of nitrogens with zero attached hydrogens (tertiary/aromatic N) is 1. The summed E-state index contributed by atoms with van der Waals surface area (Å²) in [6.07, 6.45) is 1.90. The quantitative estimate of drug-likeness (QED) is 0.716. The molecule has 24 heavy (non-hydrogen) atoms. The third-order valence-corrected chi connectivity index (χ3v) is 4.22. The maximum Gasteiger partial charge on any atom is 0.244 e. The standard InChI is InChI=1S/C18H17BrN2O3/c1-23-14-4-6-17(24-2)15(10-14)20-18(22)11-21-8-7-12-9-13(19)3-5-16(12)21/h3-10H,11H2,1-2H3,(H,20,22). The van der Waals surface area contributed by atoms with Crippen molar-refractivity contribution in [2.24, 2.45) is 0 Å². The van der Waals surface area contributed by atoms with E-state index in [4.69, 9.17) is 9.47 Å². The van der Waals surface area contributed by atoms with Crippen LogP contribution in [0.4, 0.5) is 5.69 Å². The number of hydrogen-bond donors (Lipinski definition) is 1. The molecule has 6 heteroatoms. The van der Waals surface area contributed by atoms with Gasteiger partial charge in [0, 0.05) is 27.6 Å². The van der Waals surface area contributed by atoms with Crippen molar-refractivity contribution in [3.05, 3.63) is 53.1 Å². The molecule has 0 fully saturated rings. The summed E-state index contributed by atoms with van der Waals surface area (Å²) in [6.45, 7) is 0.214. The van der Waals surface area contributed by atoms with Crippen molar-refractivity contribution < 1.29 is 14.3 Å². The first-order valence-electron chi connectivity index (χ1n) is 7.37. The Bertz CT molecular complexity index is 889. The van der Waals surface area contributed by atoms with Crippen LogP contribution in [0.1, 0.15) is 0 Å². The monoisotopic (exact) mass is 388 g/mol. The van der Waals surface area contributed by atoms with Crippen LogP contribution in [0.15, 0.2) is 53.1 Å². The molecule has 0 saturated heterocycles. The number of aromatic nitrogens is 1. The molecule has 1 heterocycles. The van der Waals surface area contributed by atoms with E-state index in [0.717, 1.165) is 15.4 Å². The van der Waals surface area contributed by atoms with E-state index in [1.807, 2.05) is 35.0 Å². The van der Waals surface area contributed by atoms with Gasteiger partial charge in [-0.15, -0.1) is 0 Å². The van der Waals surface area contributed by atoms with Crippen LogP contribution in [-0.2, 0) is 11.3 Å². The van der Waals surface area contributed by atoms with Gasteiger partial charge < -0.3 is 19.4 Å². The molecule has 1 N–H and O–H groups in total. The molecule has 0 aliphatic rings. The van der Waals surface area contributed by atoms with Gasteiger partial charge in [0.25, 0.3) is 0 Å². The van der Waals surface area contributed by atoms with Crippen LogP contribution in [0.25, 0.3) is 10.9 Å². The van der Waals surface area contributed by atoms with Gasteiger partial charge in [-0.3, -0.25) is 4.79 Å². The number of carbonyl (C=O) groups is 1. The smallest absolute Gasteiger partial charge is 0.244 e. The lowest BCUT2D eigenvalue weighted by molar-refractivity contribution is -0.116. The zero-order valence-electron chi connectivity index (χ0n) is 13.4. The van der Waals surface area contributed by atoms with Crippen molar-refractivity contribution in [3.8, 4) is 11.5 Å². The average molecular weight is 389 g/mol. The van der Waals surface area contributed by atoms with Gasteiger partial charge in [-0.2, -0.15) is 0 Å². The van der Waals surface area contributed by atoms with Crippen LogP contribution >= 0.6 is 15.9 Å². The van der Waals surface area contributed by atoms with Gasteiger partial charge in [-0.25, -0.2) is 0 Å². The van der Waals surface area contributed by atoms with Crippen LogP contribution < -0.4 is 14.8 Å². The van der Waals surface area contributed by atoms with Gasteiger partial charge in [-0.1, -0.05) is 15.9 Å². The molecule has 0 saturated carbocycles. The summed E-state index contributed by atoms with van der Waals surface area (Å²) >= 11 is 3.45. The molecular weight excluding hydrogens is 372 g/mol. The van der Waals surface area contributed by atoms with E-state index < -0.39 is 0 Å². The second-order valence-corrected chi connectivity index (χ2v) is 6.18. The zero-order valence-corrected chi connectivity index (χ0v) is 15.0. The summed E-state index contributed by atoms with van der Waals surface area (Å²) < 4.78 is 13.4. The number of amides is 1. The normalized spacial score (nSPS) is 10.6. The molecular formula is C18H17BrN2O3. The number of methoxy groups -OCH3 is 2. The lowest BCUT2D eigenvalue weighted by Gasteiger charge is -2.12. The largest absolute Gasteiger partial charge is 0.497 e. The number of carbonyl (C=O) groups excluding carboxylic acids is 1. The van der Waals surface area contributed by atoms with E-state index in [0.29, 0.717) is 17.2 Å². The number of rotatable bonds is 5. The first kappa shape index (κ1) is 16.4. The third kappa shape index (κ3) is 3.38. The lowest BCUT2D eigenvalue weighted by atomic mass is 10.2. The predicted octanol–water partition coefficient (Wildman–Crippen LogP) is 4.06. The minimum Gasteiger partial charge on any atom is -0.497 e. The molecule has 5 nitrogen and oxygen atoms in total. The van der Waals surface area contributed by atoms with E-state index in [-0.39, 0.29) is 12.5 Å². The van der Waals surface area contributed by atoms with E-state index >= 15 is 0 Å². The van der Waals surface area contributed by atoms with Crippen LogP contribution in [0, 0.1) is 0 Å². The number of halogens is 1. The first-order chi connectivity index (χ1) is 11.6. The number of hydrogen-bond acceptors (Lipinski definition) is 3. The Labute approximate surface area is 148 Å². The fourth-order valence-electron chi connectivity index (χ4n) is 2.57. The minimum atomic E-state index is -0.137. The van der Waals surface area contributed by atoms with Crippen LogP contribution in [-0.4, -0.2) is 24.7 Å². The molecule has 0 spiro atoms. The summed E-state index contributed by atoms with van der Waals surface area (Å²) in [5, 5.41) is 3.96. The second-order valence-electron chi connectivity index (χ2n) is 5.26. The number of anilines is 1. The minimum absolute atomic E-state index is 0.137. The fraction of sp³-hybridized carbons (Fsp3) is 0.167. The van der Waals surface area contributed by atoms with Gasteiger partial charge in [0.1, 0.15) is 18.0 Å². The van der Waals surface area contributed by atoms with Crippen molar-refractivity contribution in [1.29, 1.82) is 0 Å². The Hall–Kier alpha value is -2.47. The second kappa shape index (κ2) is 6.97. The van der Waals surface area contributed by atoms with Gasteiger partial charge in [0.15, 0.2) is 0 Å². The number of ether oxygens (including phenoxy) is 2. The van der Waals surface area contributed by atoms with Crippen LogP contribution in [0.5, 0.6) is 11.5 Å². The topological polar surface area (TPSA) is 52.5 Å². The summed E-state index contributed by atoms with van der Waals surface area (Å²) in [4.78, 5) is 12.4. The number of benzene rings is 2. The number of fused-ring (bicyclic) bond motifs is 1. The highest BCUT2D eigenvalue weighted by Crippen LogP contribution is 2.29. The van der Waals surface area contributed by atoms with E-state index in [1.165, 1.54) is 0 Å². The molecule has 0 unspecified atom stereocenters. The molecule has 1 aromatic heterocycles. The Morgan fingerprint density at radius 3 is 2.71 bits per heavy atom. The SMILES string of the molecule is COc1ccc(OC)c(NC(=O)Cn2ccc3cc(Br)ccc32)c1. The summed E-state index contributed by atoms with van der Waals surface area (Å²) in [7, 11) is 3.15. The van der Waals surface area contributed by atoms with Crippen molar-refractivity contribution in [2.45, 2.75) is 6.54 Å². The summed E-state index contributed by atoms with van der Waals surface area (Å²) in [6, 6.07) is 13.2. The van der Waals surface area contributed by atoms with Crippen LogP contribution in [0.2, 0.25) is 0 Å². The molecule has 0 radical (unpaired) electrons. The molecule has 0 aliphatic heterocycles. The Morgan fingerprint density at radius 2 is 1.96 bits per heavy atom. The Balaban J connectivity index is 1.80. The molecule has 0 aliphatic carbocycles. The first-order valence-corrected chi connectivity index (χ1v) is 8.16. The highest BCUT2D eigenvalue weighted by Gasteiger charge is 2.11. The molecule has 124 valence electrons. The number of nitrogens with one attached hydrogen (secondary N) is 1.